The summed E-state index contributed by atoms with van der Waals surface area (Å²) in [6.07, 6.45) is 3.40. The van der Waals surface area contributed by atoms with Gasteiger partial charge < -0.3 is 5.32 Å². The smallest absolute Gasteiger partial charge is 0.251 e. The summed E-state index contributed by atoms with van der Waals surface area (Å²) in [7, 11) is 0. The SMILES string of the molecule is O=C(NCCn1cccn1)c1ccc(F)c(F)c1. The van der Waals surface area contributed by atoms with Crippen LogP contribution < -0.4 is 5.32 Å². The van der Waals surface area contributed by atoms with E-state index >= 15 is 0 Å². The summed E-state index contributed by atoms with van der Waals surface area (Å²) >= 11 is 0. The topological polar surface area (TPSA) is 46.9 Å². The van der Waals surface area contributed by atoms with E-state index in [1.54, 1.807) is 23.1 Å². The van der Waals surface area contributed by atoms with Crippen LogP contribution in [0, 0.1) is 11.6 Å². The fourth-order valence-corrected chi connectivity index (χ4v) is 1.46. The van der Waals surface area contributed by atoms with E-state index in [1.165, 1.54) is 6.07 Å². The summed E-state index contributed by atoms with van der Waals surface area (Å²) in [4.78, 5) is 11.6. The Bertz CT molecular complexity index is 540. The van der Waals surface area contributed by atoms with Gasteiger partial charge in [-0.05, 0) is 24.3 Å². The zero-order valence-electron chi connectivity index (χ0n) is 9.44. The highest BCUT2D eigenvalue weighted by atomic mass is 19.2. The molecule has 4 nitrogen and oxygen atoms in total. The summed E-state index contributed by atoms with van der Waals surface area (Å²) < 4.78 is 27.3. The molecule has 0 aliphatic carbocycles. The second-order valence-corrected chi connectivity index (χ2v) is 3.65. The number of carbonyl (C=O) groups is 1. The Hall–Kier alpha value is -2.24. The van der Waals surface area contributed by atoms with Crippen molar-refractivity contribution in [2.45, 2.75) is 6.54 Å². The van der Waals surface area contributed by atoms with Crippen molar-refractivity contribution in [3.63, 3.8) is 0 Å². The van der Waals surface area contributed by atoms with Crippen LogP contribution in [0.15, 0.2) is 36.7 Å². The van der Waals surface area contributed by atoms with Gasteiger partial charge in [-0.15, -0.1) is 0 Å². The Balaban J connectivity index is 1.89. The normalized spacial score (nSPS) is 10.3. The number of halogens is 2. The number of nitrogens with zero attached hydrogens (tertiary/aromatic N) is 2. The van der Waals surface area contributed by atoms with E-state index in [0.29, 0.717) is 13.1 Å². The van der Waals surface area contributed by atoms with Crippen LogP contribution in [0.5, 0.6) is 0 Å². The highest BCUT2D eigenvalue weighted by molar-refractivity contribution is 5.94. The monoisotopic (exact) mass is 251 g/mol. The van der Waals surface area contributed by atoms with Crippen molar-refractivity contribution < 1.29 is 13.6 Å². The van der Waals surface area contributed by atoms with Gasteiger partial charge in [-0.25, -0.2) is 8.78 Å². The molecular formula is C12H11F2N3O. The summed E-state index contributed by atoms with van der Waals surface area (Å²) in [5.41, 5.74) is 0.0920. The fraction of sp³-hybridized carbons (Fsp3) is 0.167. The molecule has 0 unspecified atom stereocenters. The molecule has 6 heteroatoms. The molecule has 0 fully saturated rings. The predicted octanol–water partition coefficient (Wildman–Crippen LogP) is 1.59. The molecule has 0 aliphatic heterocycles. The van der Waals surface area contributed by atoms with Gasteiger partial charge in [0.05, 0.1) is 6.54 Å². The molecule has 1 heterocycles. The van der Waals surface area contributed by atoms with Gasteiger partial charge in [-0.1, -0.05) is 0 Å². The van der Waals surface area contributed by atoms with Crippen LogP contribution in [0.2, 0.25) is 0 Å². The molecule has 0 aliphatic rings. The number of hydrogen-bond donors (Lipinski definition) is 1. The molecule has 0 saturated carbocycles. The van der Waals surface area contributed by atoms with E-state index < -0.39 is 17.5 Å². The lowest BCUT2D eigenvalue weighted by atomic mass is 10.2. The molecule has 1 aromatic heterocycles. The maximum atomic E-state index is 12.9. The molecular weight excluding hydrogens is 240 g/mol. The van der Waals surface area contributed by atoms with E-state index in [9.17, 15) is 13.6 Å². The lowest BCUT2D eigenvalue weighted by Gasteiger charge is -2.05. The Morgan fingerprint density at radius 2 is 2.17 bits per heavy atom. The molecule has 94 valence electrons. The minimum absolute atomic E-state index is 0.0920. The van der Waals surface area contributed by atoms with Crippen LogP contribution in [0.25, 0.3) is 0 Å². The van der Waals surface area contributed by atoms with E-state index in [2.05, 4.69) is 10.4 Å². The molecule has 0 bridgehead atoms. The van der Waals surface area contributed by atoms with E-state index in [0.717, 1.165) is 12.1 Å². The standard InChI is InChI=1S/C12H11F2N3O/c13-10-3-2-9(8-11(10)14)12(18)15-5-7-17-6-1-4-16-17/h1-4,6,8H,5,7H2,(H,15,18). The van der Waals surface area contributed by atoms with Crippen LogP contribution in [0.1, 0.15) is 10.4 Å². The number of aromatic nitrogens is 2. The van der Waals surface area contributed by atoms with Gasteiger partial charge in [-0.2, -0.15) is 5.10 Å². The Morgan fingerprint density at radius 3 is 2.83 bits per heavy atom. The Labute approximate surface area is 102 Å². The van der Waals surface area contributed by atoms with Gasteiger partial charge >= 0.3 is 0 Å². The lowest BCUT2D eigenvalue weighted by molar-refractivity contribution is 0.0951. The van der Waals surface area contributed by atoms with E-state index in [1.807, 2.05) is 0 Å². The fourth-order valence-electron chi connectivity index (χ4n) is 1.46. The number of nitrogens with one attached hydrogen (secondary N) is 1. The highest BCUT2D eigenvalue weighted by Crippen LogP contribution is 2.08. The molecule has 2 rings (SSSR count). The maximum absolute atomic E-state index is 12.9. The average molecular weight is 251 g/mol. The van der Waals surface area contributed by atoms with Gasteiger partial charge in [0.15, 0.2) is 11.6 Å². The van der Waals surface area contributed by atoms with Crippen molar-refractivity contribution in [1.82, 2.24) is 15.1 Å². The summed E-state index contributed by atoms with van der Waals surface area (Å²) in [6, 6.07) is 4.81. The molecule has 0 spiro atoms. The summed E-state index contributed by atoms with van der Waals surface area (Å²) in [6.45, 7) is 0.877. The van der Waals surface area contributed by atoms with Crippen molar-refractivity contribution >= 4 is 5.91 Å². The molecule has 0 atom stereocenters. The Kier molecular flexibility index (Phi) is 3.66. The quantitative estimate of drug-likeness (QED) is 0.897. The van der Waals surface area contributed by atoms with Crippen molar-refractivity contribution in [2.24, 2.45) is 0 Å². The van der Waals surface area contributed by atoms with Crippen LogP contribution in [0.3, 0.4) is 0 Å². The zero-order valence-corrected chi connectivity index (χ0v) is 9.44. The first kappa shape index (κ1) is 12.2. The van der Waals surface area contributed by atoms with Crippen LogP contribution in [-0.4, -0.2) is 22.2 Å². The first-order valence-corrected chi connectivity index (χ1v) is 5.37. The molecule has 2 aromatic rings. The van der Waals surface area contributed by atoms with E-state index in [-0.39, 0.29) is 5.56 Å². The number of carbonyl (C=O) groups excluding carboxylic acids is 1. The molecule has 0 radical (unpaired) electrons. The van der Waals surface area contributed by atoms with Gasteiger partial charge in [0.1, 0.15) is 0 Å². The van der Waals surface area contributed by atoms with Crippen molar-refractivity contribution in [1.29, 1.82) is 0 Å². The van der Waals surface area contributed by atoms with Gasteiger partial charge in [-0.3, -0.25) is 9.48 Å². The van der Waals surface area contributed by atoms with Crippen molar-refractivity contribution in [3.8, 4) is 0 Å². The van der Waals surface area contributed by atoms with Crippen LogP contribution >= 0.6 is 0 Å². The first-order valence-electron chi connectivity index (χ1n) is 5.37. The minimum atomic E-state index is -1.03. The molecule has 1 aromatic carbocycles. The summed E-state index contributed by atoms with van der Waals surface area (Å²) in [5, 5.41) is 6.56. The van der Waals surface area contributed by atoms with Crippen LogP contribution in [-0.2, 0) is 6.54 Å². The third-order valence-electron chi connectivity index (χ3n) is 2.37. The van der Waals surface area contributed by atoms with Gasteiger partial charge in [0.25, 0.3) is 5.91 Å². The molecule has 1 amide bonds. The third kappa shape index (κ3) is 2.91. The second-order valence-electron chi connectivity index (χ2n) is 3.65. The molecule has 1 N–H and O–H groups in total. The number of hydrogen-bond acceptors (Lipinski definition) is 2. The lowest BCUT2D eigenvalue weighted by Crippen LogP contribution is -2.27. The van der Waals surface area contributed by atoms with Crippen molar-refractivity contribution in [3.05, 3.63) is 53.9 Å². The predicted molar refractivity (Wildman–Crippen MR) is 60.9 cm³/mol. The highest BCUT2D eigenvalue weighted by Gasteiger charge is 2.08. The maximum Gasteiger partial charge on any atom is 0.251 e. The second kappa shape index (κ2) is 5.39. The van der Waals surface area contributed by atoms with Crippen molar-refractivity contribution in [2.75, 3.05) is 6.54 Å². The van der Waals surface area contributed by atoms with E-state index in [4.69, 9.17) is 0 Å². The Morgan fingerprint density at radius 1 is 1.33 bits per heavy atom. The minimum Gasteiger partial charge on any atom is -0.350 e. The summed E-state index contributed by atoms with van der Waals surface area (Å²) in [5.74, 6) is -2.45. The average Bonchev–Trinajstić information content (AvgIpc) is 2.85. The van der Waals surface area contributed by atoms with Gasteiger partial charge in [0.2, 0.25) is 0 Å². The van der Waals surface area contributed by atoms with Gasteiger partial charge in [0, 0.05) is 24.5 Å². The number of benzene rings is 1. The largest absolute Gasteiger partial charge is 0.350 e. The molecule has 0 saturated heterocycles. The van der Waals surface area contributed by atoms with Crippen LogP contribution in [0.4, 0.5) is 8.78 Å². The zero-order chi connectivity index (χ0) is 13.0. The third-order valence-corrected chi connectivity index (χ3v) is 2.37. The molecule has 18 heavy (non-hydrogen) atoms. The number of amides is 1. The first-order chi connectivity index (χ1) is 8.66. The number of rotatable bonds is 4.